The smallest absolute Gasteiger partial charge is 0.0682 e. The van der Waals surface area contributed by atoms with E-state index in [1.165, 1.54) is 21.2 Å². The van der Waals surface area contributed by atoms with Crippen LogP contribution in [0.15, 0.2) is 17.5 Å². The number of rotatable bonds is 2. The first-order valence-electron chi connectivity index (χ1n) is 4.42. The topological polar surface area (TPSA) is 20.2 Å². The van der Waals surface area contributed by atoms with Crippen LogP contribution in [0.2, 0.25) is 0 Å². The van der Waals surface area contributed by atoms with Crippen LogP contribution >= 0.6 is 22.9 Å². The zero-order valence-electron chi connectivity index (χ0n) is 7.88. The second-order valence-electron chi connectivity index (χ2n) is 3.34. The molecule has 1 N–H and O–H groups in total. The highest BCUT2D eigenvalue weighted by Crippen LogP contribution is 2.31. The third kappa shape index (κ3) is 1.54. The minimum absolute atomic E-state index is 0.102. The average molecular weight is 227 g/mol. The predicted octanol–water partition coefficient (Wildman–Crippen LogP) is 3.44. The van der Waals surface area contributed by atoms with E-state index < -0.39 is 0 Å². The molecule has 0 amide bonds. The Balaban J connectivity index is 2.72. The lowest BCUT2D eigenvalue weighted by Gasteiger charge is -2.02. The van der Waals surface area contributed by atoms with Crippen molar-refractivity contribution in [3.05, 3.63) is 34.2 Å². The van der Waals surface area contributed by atoms with Crippen molar-refractivity contribution in [3.8, 4) is 0 Å². The largest absolute Gasteiger partial charge is 0.392 e. The van der Waals surface area contributed by atoms with E-state index >= 15 is 0 Å². The van der Waals surface area contributed by atoms with Gasteiger partial charge in [0.25, 0.3) is 0 Å². The molecule has 0 saturated heterocycles. The lowest BCUT2D eigenvalue weighted by molar-refractivity contribution is 0.282. The predicted molar refractivity (Wildman–Crippen MR) is 62.0 cm³/mol. The normalized spacial score (nSPS) is 11.1. The minimum atomic E-state index is 0.102. The number of aliphatic hydroxyl groups is 1. The Hall–Kier alpha value is -0.570. The van der Waals surface area contributed by atoms with Crippen molar-refractivity contribution in [2.24, 2.45) is 0 Å². The average Bonchev–Trinajstić information content (AvgIpc) is 2.61. The maximum absolute atomic E-state index is 9.06. The first-order chi connectivity index (χ1) is 6.76. The van der Waals surface area contributed by atoms with E-state index in [0.29, 0.717) is 5.88 Å². The Kier molecular flexibility index (Phi) is 2.77. The molecule has 0 fully saturated rings. The van der Waals surface area contributed by atoms with Crippen molar-refractivity contribution in [2.45, 2.75) is 19.4 Å². The van der Waals surface area contributed by atoms with Gasteiger partial charge in [0.1, 0.15) is 0 Å². The molecule has 0 atom stereocenters. The second kappa shape index (κ2) is 3.89. The molecular formula is C11H11ClOS. The van der Waals surface area contributed by atoms with Crippen molar-refractivity contribution in [2.75, 3.05) is 0 Å². The summed E-state index contributed by atoms with van der Waals surface area (Å²) >= 11 is 7.54. The van der Waals surface area contributed by atoms with E-state index in [1.54, 1.807) is 11.3 Å². The SMILES string of the molecule is Cc1cc(CO)cc2scc(CCl)c12. The molecule has 1 aromatic carbocycles. The third-order valence-electron chi connectivity index (χ3n) is 2.33. The van der Waals surface area contributed by atoms with Gasteiger partial charge >= 0.3 is 0 Å². The molecule has 0 spiro atoms. The third-order valence-corrected chi connectivity index (χ3v) is 3.60. The quantitative estimate of drug-likeness (QED) is 0.778. The molecule has 74 valence electrons. The molecule has 0 saturated carbocycles. The van der Waals surface area contributed by atoms with E-state index in [4.69, 9.17) is 16.7 Å². The van der Waals surface area contributed by atoms with Gasteiger partial charge in [-0.1, -0.05) is 6.07 Å². The van der Waals surface area contributed by atoms with Gasteiger partial charge in [0, 0.05) is 10.6 Å². The van der Waals surface area contributed by atoms with Gasteiger partial charge in [-0.25, -0.2) is 0 Å². The number of hydrogen-bond acceptors (Lipinski definition) is 2. The van der Waals surface area contributed by atoms with Crippen molar-refractivity contribution in [1.82, 2.24) is 0 Å². The van der Waals surface area contributed by atoms with E-state index in [-0.39, 0.29) is 6.61 Å². The number of thiophene rings is 1. The molecule has 0 bridgehead atoms. The Morgan fingerprint density at radius 2 is 2.21 bits per heavy atom. The van der Waals surface area contributed by atoms with Crippen LogP contribution in [-0.2, 0) is 12.5 Å². The van der Waals surface area contributed by atoms with Crippen LogP contribution in [0, 0.1) is 6.92 Å². The highest BCUT2D eigenvalue weighted by molar-refractivity contribution is 7.17. The lowest BCUT2D eigenvalue weighted by Crippen LogP contribution is -1.86. The highest BCUT2D eigenvalue weighted by atomic mass is 35.5. The molecule has 1 nitrogen and oxygen atoms in total. The minimum Gasteiger partial charge on any atom is -0.392 e. The summed E-state index contributed by atoms with van der Waals surface area (Å²) in [5.74, 6) is 0.555. The number of aryl methyl sites for hydroxylation is 1. The Labute approximate surface area is 91.9 Å². The van der Waals surface area contributed by atoms with E-state index in [0.717, 1.165) is 5.56 Å². The van der Waals surface area contributed by atoms with Crippen molar-refractivity contribution < 1.29 is 5.11 Å². The summed E-state index contributed by atoms with van der Waals surface area (Å²) in [6.07, 6.45) is 0. The van der Waals surface area contributed by atoms with Gasteiger partial charge < -0.3 is 5.11 Å². The first-order valence-corrected chi connectivity index (χ1v) is 5.84. The monoisotopic (exact) mass is 226 g/mol. The summed E-state index contributed by atoms with van der Waals surface area (Å²) in [6, 6.07) is 4.05. The summed E-state index contributed by atoms with van der Waals surface area (Å²) < 4.78 is 1.21. The van der Waals surface area contributed by atoms with Gasteiger partial charge in [-0.3, -0.25) is 0 Å². The molecule has 1 heterocycles. The van der Waals surface area contributed by atoms with Gasteiger partial charge in [-0.15, -0.1) is 22.9 Å². The lowest BCUT2D eigenvalue weighted by atomic mass is 10.1. The summed E-state index contributed by atoms with van der Waals surface area (Å²) in [5.41, 5.74) is 3.36. The number of benzene rings is 1. The van der Waals surface area contributed by atoms with Crippen LogP contribution in [0.1, 0.15) is 16.7 Å². The fraction of sp³-hybridized carbons (Fsp3) is 0.273. The molecule has 0 aliphatic carbocycles. The standard InChI is InChI=1S/C11H11ClOS/c1-7-2-8(5-13)3-10-11(7)9(4-12)6-14-10/h2-3,6,13H,4-5H2,1H3. The zero-order chi connectivity index (χ0) is 10.1. The van der Waals surface area contributed by atoms with E-state index in [9.17, 15) is 0 Å². The highest BCUT2D eigenvalue weighted by Gasteiger charge is 2.07. The Morgan fingerprint density at radius 1 is 1.43 bits per heavy atom. The number of hydrogen-bond donors (Lipinski definition) is 1. The fourth-order valence-electron chi connectivity index (χ4n) is 1.71. The van der Waals surface area contributed by atoms with E-state index in [2.05, 4.69) is 12.3 Å². The van der Waals surface area contributed by atoms with Crippen molar-refractivity contribution in [1.29, 1.82) is 0 Å². The summed E-state index contributed by atoms with van der Waals surface area (Å²) in [4.78, 5) is 0. The Morgan fingerprint density at radius 3 is 2.86 bits per heavy atom. The second-order valence-corrected chi connectivity index (χ2v) is 4.52. The number of halogens is 1. The first kappa shape index (κ1) is 9.97. The van der Waals surface area contributed by atoms with Crippen LogP contribution in [0.3, 0.4) is 0 Å². The van der Waals surface area contributed by atoms with Gasteiger partial charge in [0.2, 0.25) is 0 Å². The van der Waals surface area contributed by atoms with Crippen LogP contribution in [0.25, 0.3) is 10.1 Å². The van der Waals surface area contributed by atoms with Gasteiger partial charge in [0.05, 0.1) is 6.61 Å². The maximum Gasteiger partial charge on any atom is 0.0682 e. The van der Waals surface area contributed by atoms with E-state index in [1.807, 2.05) is 12.1 Å². The molecule has 2 aromatic rings. The molecule has 2 rings (SSSR count). The van der Waals surface area contributed by atoms with Crippen molar-refractivity contribution in [3.63, 3.8) is 0 Å². The Bertz CT molecular complexity index is 462. The number of alkyl halides is 1. The molecule has 14 heavy (non-hydrogen) atoms. The molecule has 0 radical (unpaired) electrons. The number of fused-ring (bicyclic) bond motifs is 1. The van der Waals surface area contributed by atoms with Crippen LogP contribution in [0.4, 0.5) is 0 Å². The zero-order valence-corrected chi connectivity index (χ0v) is 9.45. The van der Waals surface area contributed by atoms with Gasteiger partial charge in [-0.05, 0) is 40.4 Å². The fourth-order valence-corrected chi connectivity index (χ4v) is 3.12. The molecule has 3 heteroatoms. The van der Waals surface area contributed by atoms with Gasteiger partial charge in [-0.2, -0.15) is 0 Å². The molecule has 1 aromatic heterocycles. The molecule has 0 aliphatic heterocycles. The van der Waals surface area contributed by atoms with Crippen LogP contribution in [0.5, 0.6) is 0 Å². The number of aliphatic hydroxyl groups excluding tert-OH is 1. The molecule has 0 unspecified atom stereocenters. The van der Waals surface area contributed by atoms with Crippen LogP contribution in [-0.4, -0.2) is 5.11 Å². The maximum atomic E-state index is 9.06. The summed E-state index contributed by atoms with van der Waals surface area (Å²) in [5, 5.41) is 12.4. The van der Waals surface area contributed by atoms with Crippen molar-refractivity contribution >= 4 is 33.0 Å². The summed E-state index contributed by atoms with van der Waals surface area (Å²) in [6.45, 7) is 2.16. The molecule has 0 aliphatic rings. The summed E-state index contributed by atoms with van der Waals surface area (Å²) in [7, 11) is 0. The molecular weight excluding hydrogens is 216 g/mol. The van der Waals surface area contributed by atoms with Gasteiger partial charge in [0.15, 0.2) is 0 Å². The van der Waals surface area contributed by atoms with Crippen LogP contribution < -0.4 is 0 Å².